The first-order valence-electron chi connectivity index (χ1n) is 6.13. The van der Waals surface area contributed by atoms with E-state index in [1.807, 2.05) is 24.3 Å². The highest BCUT2D eigenvalue weighted by molar-refractivity contribution is 9.10. The lowest BCUT2D eigenvalue weighted by Crippen LogP contribution is -2.11. The zero-order valence-corrected chi connectivity index (χ0v) is 12.1. The van der Waals surface area contributed by atoms with Gasteiger partial charge in [0.25, 0.3) is 0 Å². The van der Waals surface area contributed by atoms with E-state index < -0.39 is 5.91 Å². The maximum absolute atomic E-state index is 11.5. The van der Waals surface area contributed by atoms with Crippen LogP contribution in [0.3, 0.4) is 0 Å². The number of para-hydroxylation sites is 1. The van der Waals surface area contributed by atoms with Crippen LogP contribution in [0.4, 0.5) is 0 Å². The summed E-state index contributed by atoms with van der Waals surface area (Å²) in [4.78, 5) is 11.5. The molecular weight excluding hydrogens is 304 g/mol. The van der Waals surface area contributed by atoms with E-state index in [-0.39, 0.29) is 0 Å². The van der Waals surface area contributed by atoms with E-state index in [0.29, 0.717) is 5.56 Å². The molecule has 3 nitrogen and oxygen atoms in total. The van der Waals surface area contributed by atoms with Gasteiger partial charge in [0.05, 0.1) is 11.1 Å². The van der Waals surface area contributed by atoms with E-state index in [4.69, 9.17) is 5.73 Å². The second-order valence-corrected chi connectivity index (χ2v) is 5.33. The van der Waals surface area contributed by atoms with Crippen molar-refractivity contribution >= 4 is 43.6 Å². The van der Waals surface area contributed by atoms with E-state index in [2.05, 4.69) is 39.6 Å². The minimum Gasteiger partial charge on any atom is -0.366 e. The Kier molecular flexibility index (Phi) is 2.82. The standard InChI is InChI=1S/C15H13BrN2O/c1-2-18-13-6-4-3-5-9(13)10-7-11(15(17)19)12(16)8-14(10)18/h3-8H,2H2,1H3,(H2,17,19). The van der Waals surface area contributed by atoms with Gasteiger partial charge >= 0.3 is 0 Å². The second kappa shape index (κ2) is 4.38. The number of hydrogen-bond donors (Lipinski definition) is 1. The van der Waals surface area contributed by atoms with Crippen molar-refractivity contribution in [1.29, 1.82) is 0 Å². The van der Waals surface area contributed by atoms with Crippen LogP contribution in [0.1, 0.15) is 17.3 Å². The molecule has 0 aliphatic carbocycles. The lowest BCUT2D eigenvalue weighted by Gasteiger charge is -2.05. The van der Waals surface area contributed by atoms with Crippen LogP contribution >= 0.6 is 15.9 Å². The lowest BCUT2D eigenvalue weighted by molar-refractivity contribution is 0.0999. The molecule has 3 rings (SSSR count). The highest BCUT2D eigenvalue weighted by Gasteiger charge is 2.14. The second-order valence-electron chi connectivity index (χ2n) is 4.47. The van der Waals surface area contributed by atoms with Crippen molar-refractivity contribution < 1.29 is 4.79 Å². The smallest absolute Gasteiger partial charge is 0.249 e. The third-order valence-electron chi connectivity index (χ3n) is 3.44. The molecule has 0 atom stereocenters. The summed E-state index contributed by atoms with van der Waals surface area (Å²) in [7, 11) is 0. The van der Waals surface area contributed by atoms with Crippen LogP contribution in [0, 0.1) is 0 Å². The van der Waals surface area contributed by atoms with E-state index in [1.165, 1.54) is 5.52 Å². The quantitative estimate of drug-likeness (QED) is 0.770. The van der Waals surface area contributed by atoms with Gasteiger partial charge in [0, 0.05) is 27.3 Å². The van der Waals surface area contributed by atoms with Gasteiger partial charge in [-0.2, -0.15) is 0 Å². The third kappa shape index (κ3) is 1.75. The van der Waals surface area contributed by atoms with Gasteiger partial charge in [0.1, 0.15) is 0 Å². The molecule has 0 saturated heterocycles. The number of aromatic nitrogens is 1. The first-order chi connectivity index (χ1) is 9.13. The number of carbonyl (C=O) groups is 1. The number of rotatable bonds is 2. The van der Waals surface area contributed by atoms with Crippen molar-refractivity contribution in [3.8, 4) is 0 Å². The molecule has 3 aromatic rings. The average molecular weight is 317 g/mol. The molecule has 2 aromatic carbocycles. The van der Waals surface area contributed by atoms with Gasteiger partial charge in [-0.1, -0.05) is 18.2 Å². The SMILES string of the molecule is CCn1c2ccccc2c2cc(C(N)=O)c(Br)cc21. The van der Waals surface area contributed by atoms with E-state index in [1.54, 1.807) is 0 Å². The molecular formula is C15H13BrN2O. The van der Waals surface area contributed by atoms with Crippen molar-refractivity contribution in [2.75, 3.05) is 0 Å². The van der Waals surface area contributed by atoms with Crippen LogP contribution in [-0.4, -0.2) is 10.5 Å². The summed E-state index contributed by atoms with van der Waals surface area (Å²) in [6, 6.07) is 12.0. The number of carbonyl (C=O) groups excluding carboxylic acids is 1. The molecule has 0 unspecified atom stereocenters. The van der Waals surface area contributed by atoms with E-state index >= 15 is 0 Å². The summed E-state index contributed by atoms with van der Waals surface area (Å²) < 4.78 is 2.98. The fourth-order valence-corrected chi connectivity index (χ4v) is 3.12. The minimum absolute atomic E-state index is 0.415. The Morgan fingerprint density at radius 1 is 1.21 bits per heavy atom. The van der Waals surface area contributed by atoms with Crippen molar-refractivity contribution in [2.24, 2.45) is 5.73 Å². The first kappa shape index (κ1) is 12.2. The Hall–Kier alpha value is -1.81. The summed E-state index contributed by atoms with van der Waals surface area (Å²) in [5.41, 5.74) is 8.22. The number of benzene rings is 2. The number of nitrogens with zero attached hydrogens (tertiary/aromatic N) is 1. The lowest BCUT2D eigenvalue weighted by atomic mass is 10.1. The van der Waals surface area contributed by atoms with Crippen molar-refractivity contribution in [1.82, 2.24) is 4.57 Å². The molecule has 0 saturated carbocycles. The molecule has 0 bridgehead atoms. The Labute approximate surface area is 119 Å². The molecule has 96 valence electrons. The highest BCUT2D eigenvalue weighted by atomic mass is 79.9. The van der Waals surface area contributed by atoms with Crippen molar-refractivity contribution in [3.05, 3.63) is 46.4 Å². The molecule has 1 amide bonds. The van der Waals surface area contributed by atoms with Gasteiger partial charge in [0.2, 0.25) is 5.91 Å². The molecule has 0 radical (unpaired) electrons. The fraction of sp³-hybridized carbons (Fsp3) is 0.133. The van der Waals surface area contributed by atoms with E-state index in [9.17, 15) is 4.79 Å². The van der Waals surface area contributed by atoms with Crippen LogP contribution in [0.25, 0.3) is 21.8 Å². The molecule has 0 aliphatic rings. The number of aryl methyl sites for hydroxylation is 1. The summed E-state index contributed by atoms with van der Waals surface area (Å²) in [6.07, 6.45) is 0. The molecule has 1 heterocycles. The topological polar surface area (TPSA) is 48.0 Å². The van der Waals surface area contributed by atoms with Gasteiger partial charge in [0.15, 0.2) is 0 Å². The van der Waals surface area contributed by atoms with Crippen LogP contribution in [0.15, 0.2) is 40.9 Å². The number of amides is 1. The zero-order valence-electron chi connectivity index (χ0n) is 10.5. The molecule has 0 aliphatic heterocycles. The Bertz CT molecular complexity index is 805. The summed E-state index contributed by atoms with van der Waals surface area (Å²) in [5.74, 6) is -0.415. The zero-order chi connectivity index (χ0) is 13.6. The molecule has 0 fully saturated rings. The van der Waals surface area contributed by atoms with Gasteiger partial charge < -0.3 is 10.3 Å². The monoisotopic (exact) mass is 316 g/mol. The molecule has 19 heavy (non-hydrogen) atoms. The number of nitrogens with two attached hydrogens (primary N) is 1. The van der Waals surface area contributed by atoms with Crippen molar-refractivity contribution in [2.45, 2.75) is 13.5 Å². The Morgan fingerprint density at radius 3 is 2.63 bits per heavy atom. The molecule has 1 aromatic heterocycles. The third-order valence-corrected chi connectivity index (χ3v) is 4.10. The number of halogens is 1. The minimum atomic E-state index is -0.415. The Morgan fingerprint density at radius 2 is 1.95 bits per heavy atom. The molecule has 2 N–H and O–H groups in total. The van der Waals surface area contributed by atoms with Crippen LogP contribution in [0.5, 0.6) is 0 Å². The maximum Gasteiger partial charge on any atom is 0.249 e. The maximum atomic E-state index is 11.5. The molecule has 4 heteroatoms. The fourth-order valence-electron chi connectivity index (χ4n) is 2.60. The van der Waals surface area contributed by atoms with Crippen LogP contribution < -0.4 is 5.73 Å². The normalized spacial score (nSPS) is 11.3. The highest BCUT2D eigenvalue weighted by Crippen LogP contribution is 2.32. The van der Waals surface area contributed by atoms with Crippen LogP contribution in [-0.2, 0) is 6.54 Å². The summed E-state index contributed by atoms with van der Waals surface area (Å²) in [5, 5.41) is 2.21. The van der Waals surface area contributed by atoms with Gasteiger partial charge in [-0.3, -0.25) is 4.79 Å². The van der Waals surface area contributed by atoms with Crippen molar-refractivity contribution in [3.63, 3.8) is 0 Å². The van der Waals surface area contributed by atoms with Gasteiger partial charge in [-0.15, -0.1) is 0 Å². The Balaban J connectivity index is 2.52. The number of primary amides is 1. The van der Waals surface area contributed by atoms with E-state index in [0.717, 1.165) is 27.3 Å². The largest absolute Gasteiger partial charge is 0.366 e. The summed E-state index contributed by atoms with van der Waals surface area (Å²) in [6.45, 7) is 2.99. The molecule has 0 spiro atoms. The van der Waals surface area contributed by atoms with Crippen LogP contribution in [0.2, 0.25) is 0 Å². The van der Waals surface area contributed by atoms with Gasteiger partial charge in [-0.05, 0) is 41.1 Å². The predicted octanol–water partition coefficient (Wildman–Crippen LogP) is 3.68. The average Bonchev–Trinajstić information content (AvgIpc) is 2.70. The number of hydrogen-bond acceptors (Lipinski definition) is 1. The first-order valence-corrected chi connectivity index (χ1v) is 6.93. The summed E-state index contributed by atoms with van der Waals surface area (Å²) >= 11 is 3.42. The predicted molar refractivity (Wildman–Crippen MR) is 81.3 cm³/mol. The number of fused-ring (bicyclic) bond motifs is 3. The van der Waals surface area contributed by atoms with Gasteiger partial charge in [-0.25, -0.2) is 0 Å².